The van der Waals surface area contributed by atoms with Gasteiger partial charge in [0.1, 0.15) is 0 Å². The molecule has 0 aliphatic rings. The minimum absolute atomic E-state index is 0.0173. The van der Waals surface area contributed by atoms with E-state index in [-0.39, 0.29) is 29.3 Å². The molecule has 8 heteroatoms. The van der Waals surface area contributed by atoms with Gasteiger partial charge in [-0.3, -0.25) is 14.2 Å². The predicted molar refractivity (Wildman–Crippen MR) is 111 cm³/mol. The average molecular weight is 412 g/mol. The van der Waals surface area contributed by atoms with Gasteiger partial charge in [-0.05, 0) is 45.9 Å². The van der Waals surface area contributed by atoms with Gasteiger partial charge in [-0.1, -0.05) is 23.4 Å². The summed E-state index contributed by atoms with van der Waals surface area (Å²) < 4.78 is 6.68. The number of methoxy groups -OCH3 is 1. The maximum atomic E-state index is 12.9. The zero-order chi connectivity index (χ0) is 20.1. The van der Waals surface area contributed by atoms with Crippen molar-refractivity contribution in [3.8, 4) is 0 Å². The summed E-state index contributed by atoms with van der Waals surface area (Å²) >= 11 is 7.31. The van der Waals surface area contributed by atoms with E-state index in [2.05, 4.69) is 4.98 Å². The number of ether oxygens (including phenoxy) is 1. The number of halogens is 1. The molecule has 2 aromatic rings. The molecule has 0 radical (unpaired) electrons. The SMILES string of the molecule is COCCn1c(SCC(=O)N(C(C)C)C(C)C)nc2cc(Cl)ccc2c1=O. The van der Waals surface area contributed by atoms with Crippen LogP contribution in [0.1, 0.15) is 27.7 Å². The second kappa shape index (κ2) is 9.57. The lowest BCUT2D eigenvalue weighted by atomic mass is 10.2. The number of fused-ring (bicyclic) bond motifs is 1. The molecule has 6 nitrogen and oxygen atoms in total. The van der Waals surface area contributed by atoms with Crippen LogP contribution >= 0.6 is 23.4 Å². The lowest BCUT2D eigenvalue weighted by molar-refractivity contribution is -0.131. The summed E-state index contributed by atoms with van der Waals surface area (Å²) in [7, 11) is 1.58. The van der Waals surface area contributed by atoms with Crippen LogP contribution in [0.2, 0.25) is 5.02 Å². The van der Waals surface area contributed by atoms with Gasteiger partial charge >= 0.3 is 0 Å². The highest BCUT2D eigenvalue weighted by Crippen LogP contribution is 2.21. The van der Waals surface area contributed by atoms with E-state index in [0.29, 0.717) is 34.2 Å². The molecule has 1 heterocycles. The smallest absolute Gasteiger partial charge is 0.262 e. The predicted octanol–water partition coefficient (Wildman–Crippen LogP) is 3.43. The second-order valence-corrected chi connectivity index (χ2v) is 8.16. The van der Waals surface area contributed by atoms with Crippen LogP contribution in [-0.4, -0.2) is 51.9 Å². The summed E-state index contributed by atoms with van der Waals surface area (Å²) in [4.78, 5) is 32.0. The molecule has 1 aromatic heterocycles. The molecule has 148 valence electrons. The van der Waals surface area contributed by atoms with Gasteiger partial charge in [-0.15, -0.1) is 0 Å². The average Bonchev–Trinajstić information content (AvgIpc) is 2.58. The summed E-state index contributed by atoms with van der Waals surface area (Å²) in [6, 6.07) is 5.23. The molecule has 0 saturated heterocycles. The Labute approximate surface area is 168 Å². The highest BCUT2D eigenvalue weighted by atomic mass is 35.5. The highest BCUT2D eigenvalue weighted by Gasteiger charge is 2.21. The van der Waals surface area contributed by atoms with E-state index >= 15 is 0 Å². The van der Waals surface area contributed by atoms with Gasteiger partial charge in [0.2, 0.25) is 5.91 Å². The second-order valence-electron chi connectivity index (χ2n) is 6.78. The highest BCUT2D eigenvalue weighted by molar-refractivity contribution is 7.99. The molecule has 0 atom stereocenters. The monoisotopic (exact) mass is 411 g/mol. The van der Waals surface area contributed by atoms with Crippen molar-refractivity contribution >= 4 is 40.2 Å². The van der Waals surface area contributed by atoms with Crippen molar-refractivity contribution in [3.05, 3.63) is 33.6 Å². The van der Waals surface area contributed by atoms with Crippen LogP contribution in [0.3, 0.4) is 0 Å². The Morgan fingerprint density at radius 3 is 2.56 bits per heavy atom. The van der Waals surface area contributed by atoms with Crippen molar-refractivity contribution in [2.45, 2.75) is 51.5 Å². The number of benzene rings is 1. The zero-order valence-corrected chi connectivity index (χ0v) is 17.9. The third-order valence-corrected chi connectivity index (χ3v) is 5.32. The molecule has 0 bridgehead atoms. The van der Waals surface area contributed by atoms with E-state index < -0.39 is 0 Å². The van der Waals surface area contributed by atoms with Crippen LogP contribution in [0.5, 0.6) is 0 Å². The molecule has 0 saturated carbocycles. The maximum Gasteiger partial charge on any atom is 0.262 e. The fraction of sp³-hybridized carbons (Fsp3) is 0.526. The van der Waals surface area contributed by atoms with Crippen LogP contribution < -0.4 is 5.56 Å². The van der Waals surface area contributed by atoms with E-state index in [1.807, 2.05) is 32.6 Å². The minimum Gasteiger partial charge on any atom is -0.383 e. The molecular formula is C19H26ClN3O3S. The first-order chi connectivity index (χ1) is 12.8. The molecule has 0 unspecified atom stereocenters. The van der Waals surface area contributed by atoms with Gasteiger partial charge < -0.3 is 9.64 Å². The molecule has 0 aliphatic heterocycles. The van der Waals surface area contributed by atoms with Crippen molar-refractivity contribution in [1.82, 2.24) is 14.5 Å². The van der Waals surface area contributed by atoms with Gasteiger partial charge in [-0.25, -0.2) is 4.98 Å². The van der Waals surface area contributed by atoms with Crippen molar-refractivity contribution in [1.29, 1.82) is 0 Å². The number of nitrogens with zero attached hydrogens (tertiary/aromatic N) is 3. The van der Waals surface area contributed by atoms with Crippen LogP contribution in [0.15, 0.2) is 28.2 Å². The number of carbonyl (C=O) groups excluding carboxylic acids is 1. The van der Waals surface area contributed by atoms with Crippen LogP contribution in [-0.2, 0) is 16.1 Å². The van der Waals surface area contributed by atoms with Gasteiger partial charge in [0.05, 0.1) is 29.8 Å². The minimum atomic E-state index is -0.159. The molecule has 1 aromatic carbocycles. The quantitative estimate of drug-likeness (QED) is 0.491. The Morgan fingerprint density at radius 2 is 1.96 bits per heavy atom. The van der Waals surface area contributed by atoms with Gasteiger partial charge in [0.15, 0.2) is 5.16 Å². The number of hydrogen-bond donors (Lipinski definition) is 0. The molecule has 27 heavy (non-hydrogen) atoms. The van der Waals surface area contributed by atoms with E-state index in [0.717, 1.165) is 0 Å². The van der Waals surface area contributed by atoms with Crippen molar-refractivity contribution in [2.75, 3.05) is 19.5 Å². The van der Waals surface area contributed by atoms with Crippen molar-refractivity contribution in [2.24, 2.45) is 0 Å². The first-order valence-corrected chi connectivity index (χ1v) is 10.3. The van der Waals surface area contributed by atoms with E-state index in [1.165, 1.54) is 11.8 Å². The first-order valence-electron chi connectivity index (χ1n) is 8.89. The van der Waals surface area contributed by atoms with E-state index in [4.69, 9.17) is 16.3 Å². The molecule has 0 aliphatic carbocycles. The van der Waals surface area contributed by atoms with Crippen LogP contribution in [0.25, 0.3) is 10.9 Å². The lowest BCUT2D eigenvalue weighted by Gasteiger charge is -2.30. The van der Waals surface area contributed by atoms with Gasteiger partial charge in [0.25, 0.3) is 5.56 Å². The Balaban J connectivity index is 2.37. The molecule has 1 amide bonds. The zero-order valence-electron chi connectivity index (χ0n) is 16.4. The Kier molecular flexibility index (Phi) is 7.70. The Morgan fingerprint density at radius 1 is 1.30 bits per heavy atom. The Bertz CT molecular complexity index is 859. The van der Waals surface area contributed by atoms with Crippen LogP contribution in [0, 0.1) is 0 Å². The normalized spacial score (nSPS) is 11.6. The Hall–Kier alpha value is -1.57. The third kappa shape index (κ3) is 5.24. The topological polar surface area (TPSA) is 64.4 Å². The van der Waals surface area contributed by atoms with Gasteiger partial charge in [0, 0.05) is 24.2 Å². The number of thioether (sulfide) groups is 1. The van der Waals surface area contributed by atoms with Crippen LogP contribution in [0.4, 0.5) is 0 Å². The van der Waals surface area contributed by atoms with Gasteiger partial charge in [-0.2, -0.15) is 0 Å². The number of amides is 1. The molecule has 0 N–H and O–H groups in total. The third-order valence-electron chi connectivity index (χ3n) is 4.13. The first kappa shape index (κ1) is 21.7. The van der Waals surface area contributed by atoms with E-state index in [1.54, 1.807) is 29.9 Å². The fourth-order valence-electron chi connectivity index (χ4n) is 3.04. The molecule has 2 rings (SSSR count). The van der Waals surface area contributed by atoms with Crippen molar-refractivity contribution < 1.29 is 9.53 Å². The summed E-state index contributed by atoms with van der Waals surface area (Å²) in [6.07, 6.45) is 0. The molecular weight excluding hydrogens is 386 g/mol. The summed E-state index contributed by atoms with van der Waals surface area (Å²) in [5.41, 5.74) is 0.369. The summed E-state index contributed by atoms with van der Waals surface area (Å²) in [5, 5.41) is 1.51. The largest absolute Gasteiger partial charge is 0.383 e. The number of aromatic nitrogens is 2. The van der Waals surface area contributed by atoms with Crippen molar-refractivity contribution in [3.63, 3.8) is 0 Å². The standard InChI is InChI=1S/C19H26ClN3O3S/c1-12(2)23(13(3)4)17(24)11-27-19-21-16-10-14(20)6-7-15(16)18(25)22(19)8-9-26-5/h6-7,10,12-13H,8-9,11H2,1-5H3. The summed E-state index contributed by atoms with van der Waals surface area (Å²) in [6.45, 7) is 8.73. The fourth-order valence-corrected chi connectivity index (χ4v) is 4.10. The molecule has 0 spiro atoms. The molecule has 0 fully saturated rings. The lowest BCUT2D eigenvalue weighted by Crippen LogP contribution is -2.43. The number of carbonyl (C=O) groups is 1. The summed E-state index contributed by atoms with van der Waals surface area (Å²) in [5.74, 6) is 0.228. The number of rotatable bonds is 8. The van der Waals surface area contributed by atoms with E-state index in [9.17, 15) is 9.59 Å². The number of hydrogen-bond acceptors (Lipinski definition) is 5. The maximum absolute atomic E-state index is 12.9.